The van der Waals surface area contributed by atoms with E-state index >= 15 is 0 Å². The Morgan fingerprint density at radius 2 is 1.69 bits per heavy atom. The molecule has 5 nitrogen and oxygen atoms in total. The van der Waals surface area contributed by atoms with Crippen molar-refractivity contribution in [3.05, 3.63) is 24.3 Å². The molecule has 1 N–H and O–H groups in total. The molecule has 0 aromatic heterocycles. The zero-order chi connectivity index (χ0) is 21.8. The summed E-state index contributed by atoms with van der Waals surface area (Å²) >= 11 is 0. The van der Waals surface area contributed by atoms with Gasteiger partial charge < -0.3 is 14.6 Å². The maximum Gasteiger partial charge on any atom is 0.333 e. The quantitative estimate of drug-likeness (QED) is 0.500. The first kappa shape index (κ1) is 22.1. The van der Waals surface area contributed by atoms with E-state index in [1.807, 2.05) is 20.8 Å². The summed E-state index contributed by atoms with van der Waals surface area (Å²) in [5, 5.41) is 11.4. The van der Waals surface area contributed by atoms with Crippen molar-refractivity contribution < 1.29 is 24.2 Å². The monoisotopic (exact) mass is 404 g/mol. The van der Waals surface area contributed by atoms with Gasteiger partial charge >= 0.3 is 11.9 Å². The van der Waals surface area contributed by atoms with E-state index in [1.54, 1.807) is 13.8 Å². The molecule has 4 rings (SSSR count). The van der Waals surface area contributed by atoms with Gasteiger partial charge in [-0.1, -0.05) is 13.2 Å². The lowest BCUT2D eigenvalue weighted by molar-refractivity contribution is -0.257. The SMILES string of the molecule is C=C(C)C(=O)OC(C)CC12CC3CC(O)(C1)CC(C(C)(C)OC(=O)C(=C)C)(C3)C2. The fourth-order valence-corrected chi connectivity index (χ4v) is 6.85. The lowest BCUT2D eigenvalue weighted by Crippen LogP contribution is -2.66. The highest BCUT2D eigenvalue weighted by Crippen LogP contribution is 2.71. The maximum atomic E-state index is 12.3. The van der Waals surface area contributed by atoms with E-state index in [-0.39, 0.29) is 28.9 Å². The van der Waals surface area contributed by atoms with Crippen LogP contribution in [0, 0.1) is 16.7 Å². The predicted molar refractivity (Wildman–Crippen MR) is 111 cm³/mol. The molecule has 5 heteroatoms. The summed E-state index contributed by atoms with van der Waals surface area (Å²) in [5.41, 5.74) is -1.08. The van der Waals surface area contributed by atoms with Gasteiger partial charge in [-0.3, -0.25) is 0 Å². The lowest BCUT2D eigenvalue weighted by atomic mass is 9.39. The molecule has 4 fully saturated rings. The summed E-state index contributed by atoms with van der Waals surface area (Å²) in [6.45, 7) is 16.6. The Hall–Kier alpha value is -1.62. The number of ether oxygens (including phenoxy) is 2. The minimum atomic E-state index is -0.746. The summed E-state index contributed by atoms with van der Waals surface area (Å²) in [5.74, 6) is -0.356. The van der Waals surface area contributed by atoms with Gasteiger partial charge in [-0.15, -0.1) is 0 Å². The summed E-state index contributed by atoms with van der Waals surface area (Å²) in [6, 6.07) is 0. The number of carbonyl (C=O) groups is 2. The first-order valence-corrected chi connectivity index (χ1v) is 10.7. The van der Waals surface area contributed by atoms with E-state index in [0.29, 0.717) is 29.9 Å². The van der Waals surface area contributed by atoms with Gasteiger partial charge in [0.25, 0.3) is 0 Å². The molecule has 0 radical (unpaired) electrons. The molecule has 29 heavy (non-hydrogen) atoms. The van der Waals surface area contributed by atoms with E-state index in [9.17, 15) is 14.7 Å². The molecule has 0 aliphatic heterocycles. The van der Waals surface area contributed by atoms with Crippen molar-refractivity contribution in [1.29, 1.82) is 0 Å². The topological polar surface area (TPSA) is 72.8 Å². The van der Waals surface area contributed by atoms with Crippen LogP contribution in [0.15, 0.2) is 24.3 Å². The molecule has 4 saturated carbocycles. The Bertz CT molecular complexity index is 752. The zero-order valence-corrected chi connectivity index (χ0v) is 18.6. The minimum absolute atomic E-state index is 0.115. The van der Waals surface area contributed by atoms with Crippen LogP contribution in [-0.4, -0.2) is 34.4 Å². The smallest absolute Gasteiger partial charge is 0.333 e. The lowest BCUT2D eigenvalue weighted by Gasteiger charge is -2.68. The fourth-order valence-electron chi connectivity index (χ4n) is 6.85. The van der Waals surface area contributed by atoms with E-state index in [2.05, 4.69) is 13.2 Å². The third-order valence-corrected chi connectivity index (χ3v) is 7.51. The highest BCUT2D eigenvalue weighted by molar-refractivity contribution is 5.87. The highest BCUT2D eigenvalue weighted by atomic mass is 16.6. The van der Waals surface area contributed by atoms with Crippen LogP contribution < -0.4 is 0 Å². The van der Waals surface area contributed by atoms with Crippen LogP contribution in [0.3, 0.4) is 0 Å². The van der Waals surface area contributed by atoms with Crippen molar-refractivity contribution in [3.63, 3.8) is 0 Å². The molecule has 4 aliphatic carbocycles. The first-order valence-electron chi connectivity index (χ1n) is 10.7. The maximum absolute atomic E-state index is 12.3. The second-order valence-electron chi connectivity index (χ2n) is 10.9. The van der Waals surface area contributed by atoms with Gasteiger partial charge in [0.1, 0.15) is 5.60 Å². The minimum Gasteiger partial charge on any atom is -0.459 e. The molecule has 4 bridgehead atoms. The predicted octanol–water partition coefficient (Wildman–Crippen LogP) is 4.48. The van der Waals surface area contributed by atoms with Gasteiger partial charge in [-0.25, -0.2) is 9.59 Å². The van der Waals surface area contributed by atoms with Gasteiger partial charge in [-0.05, 0) is 90.9 Å². The molecule has 162 valence electrons. The molecule has 5 atom stereocenters. The molecule has 0 aromatic carbocycles. The molecule has 5 unspecified atom stereocenters. The average molecular weight is 405 g/mol. The normalized spacial score (nSPS) is 36.4. The Morgan fingerprint density at radius 1 is 1.07 bits per heavy atom. The van der Waals surface area contributed by atoms with Crippen molar-refractivity contribution in [2.45, 2.75) is 96.9 Å². The molecule has 0 heterocycles. The molecular weight excluding hydrogens is 368 g/mol. The summed E-state index contributed by atoms with van der Waals surface area (Å²) < 4.78 is 11.5. The fraction of sp³-hybridized carbons (Fsp3) is 0.750. The van der Waals surface area contributed by atoms with Crippen LogP contribution in [-0.2, 0) is 19.1 Å². The standard InChI is InChI=1S/C24H36O5/c1-15(2)19(25)28-17(5)8-22-9-18-10-23(12-22,14-24(27,11-18)13-22)21(6,7)29-20(26)16(3)4/h17-18,27H,1,3,8-14H2,2,4-7H3. The van der Waals surface area contributed by atoms with E-state index in [0.717, 1.165) is 32.1 Å². The molecule has 0 amide bonds. The van der Waals surface area contributed by atoms with Crippen molar-refractivity contribution in [3.8, 4) is 0 Å². The number of aliphatic hydroxyl groups is 1. The van der Waals surface area contributed by atoms with Gasteiger partial charge in [0.05, 0.1) is 11.7 Å². The van der Waals surface area contributed by atoms with Crippen LogP contribution >= 0.6 is 0 Å². The second kappa shape index (κ2) is 6.97. The van der Waals surface area contributed by atoms with Crippen molar-refractivity contribution in [2.75, 3.05) is 0 Å². The molecule has 0 aromatic rings. The number of hydrogen-bond donors (Lipinski definition) is 1. The van der Waals surface area contributed by atoms with Crippen LogP contribution in [0.4, 0.5) is 0 Å². The van der Waals surface area contributed by atoms with E-state index < -0.39 is 11.2 Å². The van der Waals surface area contributed by atoms with Crippen LogP contribution in [0.5, 0.6) is 0 Å². The van der Waals surface area contributed by atoms with E-state index in [1.165, 1.54) is 0 Å². The third-order valence-electron chi connectivity index (χ3n) is 7.51. The van der Waals surface area contributed by atoms with Crippen molar-refractivity contribution in [1.82, 2.24) is 0 Å². The highest BCUT2D eigenvalue weighted by Gasteiger charge is 2.67. The van der Waals surface area contributed by atoms with E-state index in [4.69, 9.17) is 9.47 Å². The molecule has 0 saturated heterocycles. The number of carbonyl (C=O) groups excluding carboxylic acids is 2. The Kier molecular flexibility index (Phi) is 5.30. The molecular formula is C24H36O5. The Labute approximate surface area is 174 Å². The van der Waals surface area contributed by atoms with Gasteiger partial charge in [0, 0.05) is 16.6 Å². The first-order chi connectivity index (χ1) is 13.2. The van der Waals surface area contributed by atoms with Crippen LogP contribution in [0.25, 0.3) is 0 Å². The number of hydrogen-bond acceptors (Lipinski definition) is 5. The summed E-state index contributed by atoms with van der Waals surface area (Å²) in [6.07, 6.45) is 5.47. The molecule has 4 aliphatic rings. The summed E-state index contributed by atoms with van der Waals surface area (Å²) in [4.78, 5) is 24.3. The van der Waals surface area contributed by atoms with Gasteiger partial charge in [0.2, 0.25) is 0 Å². The number of esters is 2. The van der Waals surface area contributed by atoms with Crippen molar-refractivity contribution in [2.24, 2.45) is 16.7 Å². The number of rotatable bonds is 7. The summed E-state index contributed by atoms with van der Waals surface area (Å²) in [7, 11) is 0. The zero-order valence-electron chi connectivity index (χ0n) is 18.6. The van der Waals surface area contributed by atoms with Crippen molar-refractivity contribution >= 4 is 11.9 Å². The van der Waals surface area contributed by atoms with Gasteiger partial charge in [0.15, 0.2) is 0 Å². The Balaban J connectivity index is 1.86. The largest absolute Gasteiger partial charge is 0.459 e. The van der Waals surface area contributed by atoms with Gasteiger partial charge in [-0.2, -0.15) is 0 Å². The second-order valence-corrected chi connectivity index (χ2v) is 10.9. The third kappa shape index (κ3) is 4.03. The van der Waals surface area contributed by atoms with Crippen LogP contribution in [0.1, 0.15) is 79.6 Å². The average Bonchev–Trinajstić information content (AvgIpc) is 2.50. The van der Waals surface area contributed by atoms with Crippen LogP contribution in [0.2, 0.25) is 0 Å². The molecule has 0 spiro atoms. The Morgan fingerprint density at radius 3 is 2.24 bits per heavy atom.